The Labute approximate surface area is 102 Å². The number of hydrogen-bond donors (Lipinski definition) is 1. The van der Waals surface area contributed by atoms with Crippen molar-refractivity contribution in [3.63, 3.8) is 0 Å². The first-order valence-electron chi connectivity index (χ1n) is 1.72. The summed E-state index contributed by atoms with van der Waals surface area (Å²) < 4.78 is 4.55. The average Bonchev–Trinajstić information content (AvgIpc) is 1.61. The Balaban J connectivity index is 0. The summed E-state index contributed by atoms with van der Waals surface area (Å²) in [6, 6.07) is 0. The quantitative estimate of drug-likeness (QED) is 0.273. The SMILES string of the molecule is OCCOC(=S)[S-].[K+]. The van der Waals surface area contributed by atoms with Crippen molar-refractivity contribution in [2.75, 3.05) is 13.2 Å². The summed E-state index contributed by atoms with van der Waals surface area (Å²) >= 11 is 8.68. The Hall–Kier alpha value is 1.71. The van der Waals surface area contributed by atoms with Gasteiger partial charge in [-0.05, 0) is 0 Å². The van der Waals surface area contributed by atoms with Gasteiger partial charge in [0.1, 0.15) is 6.61 Å². The topological polar surface area (TPSA) is 29.5 Å². The van der Waals surface area contributed by atoms with Crippen molar-refractivity contribution in [2.24, 2.45) is 0 Å². The summed E-state index contributed by atoms with van der Waals surface area (Å²) in [6.07, 6.45) is 0. The van der Waals surface area contributed by atoms with Crippen LogP contribution >= 0.6 is 12.2 Å². The van der Waals surface area contributed by atoms with E-state index in [4.69, 9.17) is 5.11 Å². The van der Waals surface area contributed by atoms with Gasteiger partial charge >= 0.3 is 51.4 Å². The van der Waals surface area contributed by atoms with E-state index >= 15 is 0 Å². The molecule has 0 bridgehead atoms. The maximum atomic E-state index is 8.08. The van der Waals surface area contributed by atoms with E-state index in [0.29, 0.717) is 0 Å². The molecule has 0 aromatic heterocycles. The van der Waals surface area contributed by atoms with E-state index in [1.807, 2.05) is 0 Å². The molecule has 0 atom stereocenters. The van der Waals surface area contributed by atoms with Gasteiger partial charge in [0.15, 0.2) is 0 Å². The smallest absolute Gasteiger partial charge is 0.511 e. The zero-order valence-electron chi connectivity index (χ0n) is 4.59. The van der Waals surface area contributed by atoms with Crippen LogP contribution in [0.25, 0.3) is 0 Å². The molecular weight excluding hydrogens is 171 g/mol. The molecule has 0 radical (unpaired) electrons. The molecule has 1 N–H and O–H groups in total. The van der Waals surface area contributed by atoms with Crippen LogP contribution in [-0.4, -0.2) is 22.7 Å². The van der Waals surface area contributed by atoms with Crippen molar-refractivity contribution in [3.8, 4) is 0 Å². The average molecular weight is 176 g/mol. The fraction of sp³-hybridized carbons (Fsp3) is 0.667. The predicted octanol–water partition coefficient (Wildman–Crippen LogP) is -3.17. The summed E-state index contributed by atoms with van der Waals surface area (Å²) in [5.41, 5.74) is 0. The summed E-state index contributed by atoms with van der Waals surface area (Å²) in [7, 11) is 0. The Morgan fingerprint density at radius 2 is 2.25 bits per heavy atom. The van der Waals surface area contributed by atoms with Crippen LogP contribution in [0, 0.1) is 0 Å². The molecule has 2 nitrogen and oxygen atoms in total. The fourth-order valence-electron chi connectivity index (χ4n) is 0.129. The van der Waals surface area contributed by atoms with Crippen molar-refractivity contribution < 1.29 is 61.2 Å². The Bertz CT molecular complexity index is 68.3. The monoisotopic (exact) mass is 176 g/mol. The fourth-order valence-corrected chi connectivity index (χ4v) is 0.296. The van der Waals surface area contributed by atoms with E-state index in [0.717, 1.165) is 0 Å². The van der Waals surface area contributed by atoms with Gasteiger partial charge in [-0.2, -0.15) is 0 Å². The second-order valence-electron chi connectivity index (χ2n) is 0.822. The maximum absolute atomic E-state index is 8.08. The molecule has 0 spiro atoms. The van der Waals surface area contributed by atoms with Gasteiger partial charge in [-0.1, -0.05) is 0 Å². The summed E-state index contributed by atoms with van der Waals surface area (Å²) in [4.78, 5) is 0. The van der Waals surface area contributed by atoms with Crippen LogP contribution < -0.4 is 51.4 Å². The second-order valence-corrected chi connectivity index (χ2v) is 1.82. The maximum Gasteiger partial charge on any atom is 1.00 e. The van der Waals surface area contributed by atoms with Crippen molar-refractivity contribution in [3.05, 3.63) is 0 Å². The summed E-state index contributed by atoms with van der Waals surface area (Å²) in [5, 5.41) is 8.08. The molecule has 0 aliphatic rings. The van der Waals surface area contributed by atoms with Gasteiger partial charge in [0.05, 0.1) is 6.61 Å². The van der Waals surface area contributed by atoms with E-state index in [2.05, 4.69) is 29.6 Å². The first-order valence-corrected chi connectivity index (χ1v) is 2.53. The summed E-state index contributed by atoms with van der Waals surface area (Å²) in [5.74, 6) is 0. The van der Waals surface area contributed by atoms with Gasteiger partial charge in [0, 0.05) is 4.38 Å². The van der Waals surface area contributed by atoms with Gasteiger partial charge in [-0.25, -0.2) is 0 Å². The largest absolute Gasteiger partial charge is 1.00 e. The molecule has 8 heavy (non-hydrogen) atoms. The molecule has 0 amide bonds. The minimum absolute atomic E-state index is 0. The van der Waals surface area contributed by atoms with Crippen LogP contribution in [0.3, 0.4) is 0 Å². The van der Waals surface area contributed by atoms with Crippen molar-refractivity contribution >= 4 is 29.2 Å². The molecule has 0 unspecified atom stereocenters. The van der Waals surface area contributed by atoms with E-state index in [9.17, 15) is 0 Å². The molecule has 0 aliphatic carbocycles. The van der Waals surface area contributed by atoms with Gasteiger partial charge < -0.3 is 34.7 Å². The van der Waals surface area contributed by atoms with E-state index in [-0.39, 0.29) is 69.0 Å². The van der Waals surface area contributed by atoms with E-state index in [1.165, 1.54) is 0 Å². The number of aliphatic hydroxyl groups excluding tert-OH is 1. The number of thiocarbonyl (C=S) groups is 1. The number of ether oxygens (including phenoxy) is 1. The zero-order chi connectivity index (χ0) is 5.70. The molecular formula is C3H5KO2S2. The molecule has 5 heteroatoms. The Morgan fingerprint density at radius 3 is 2.38 bits per heavy atom. The molecule has 0 heterocycles. The van der Waals surface area contributed by atoms with Crippen LogP contribution in [0.1, 0.15) is 0 Å². The third-order valence-corrected chi connectivity index (χ3v) is 0.547. The molecule has 0 saturated heterocycles. The van der Waals surface area contributed by atoms with Crippen molar-refractivity contribution in [1.82, 2.24) is 0 Å². The number of rotatable bonds is 2. The minimum atomic E-state index is -0.0310. The molecule has 0 aromatic carbocycles. The van der Waals surface area contributed by atoms with Crippen molar-refractivity contribution in [2.45, 2.75) is 0 Å². The minimum Gasteiger partial charge on any atom is -0.511 e. The number of hydrogen-bond acceptors (Lipinski definition) is 4. The molecule has 0 aromatic rings. The van der Waals surface area contributed by atoms with Crippen LogP contribution in [-0.2, 0) is 17.4 Å². The van der Waals surface area contributed by atoms with Crippen LogP contribution in [0.5, 0.6) is 0 Å². The third-order valence-electron chi connectivity index (χ3n) is 0.311. The van der Waals surface area contributed by atoms with Crippen LogP contribution in [0.2, 0.25) is 0 Å². The van der Waals surface area contributed by atoms with Gasteiger partial charge in [-0.15, -0.1) is 0 Å². The summed E-state index contributed by atoms with van der Waals surface area (Å²) in [6.45, 7) is 0.180. The van der Waals surface area contributed by atoms with Crippen molar-refractivity contribution in [1.29, 1.82) is 0 Å². The molecule has 0 aliphatic heterocycles. The van der Waals surface area contributed by atoms with Crippen LogP contribution in [0.4, 0.5) is 0 Å². The standard InChI is InChI=1S/C3H6O2S2.K/c4-1-2-5-3(6)7;/h4H,1-2H2,(H,6,7);/q;+1/p-1. The molecule has 42 valence electrons. The Kier molecular flexibility index (Phi) is 13.5. The molecule has 0 saturated carbocycles. The Morgan fingerprint density at radius 1 is 1.75 bits per heavy atom. The molecule has 0 fully saturated rings. The van der Waals surface area contributed by atoms with Gasteiger partial charge in [-0.3, -0.25) is 0 Å². The van der Waals surface area contributed by atoms with E-state index < -0.39 is 0 Å². The van der Waals surface area contributed by atoms with Gasteiger partial charge in [0.25, 0.3) is 0 Å². The van der Waals surface area contributed by atoms with Gasteiger partial charge in [0.2, 0.25) is 0 Å². The van der Waals surface area contributed by atoms with Crippen LogP contribution in [0.15, 0.2) is 0 Å². The first-order chi connectivity index (χ1) is 3.27. The van der Waals surface area contributed by atoms with E-state index in [1.54, 1.807) is 0 Å². The second kappa shape index (κ2) is 8.71. The zero-order valence-corrected chi connectivity index (χ0v) is 9.34. The number of aliphatic hydroxyl groups is 1. The normalized spacial score (nSPS) is 7.12. The molecule has 0 rings (SSSR count). The third kappa shape index (κ3) is 10.6. The predicted molar refractivity (Wildman–Crippen MR) is 33.0 cm³/mol. The first kappa shape index (κ1) is 12.4.